The van der Waals surface area contributed by atoms with Crippen molar-refractivity contribution in [2.75, 3.05) is 36.1 Å². The highest BCUT2D eigenvalue weighted by Crippen LogP contribution is 2.34. The van der Waals surface area contributed by atoms with Gasteiger partial charge in [-0.3, -0.25) is 0 Å². The molecule has 3 rings (SSSR count). The molecule has 116 valence electrons. The van der Waals surface area contributed by atoms with Gasteiger partial charge in [0.25, 0.3) is 0 Å². The summed E-state index contributed by atoms with van der Waals surface area (Å²) in [4.78, 5) is 8.35. The Bertz CT molecular complexity index is 662. The Balaban J connectivity index is 1.81. The number of aromatic nitrogens is 2. The van der Waals surface area contributed by atoms with E-state index in [2.05, 4.69) is 27.5 Å². The van der Waals surface area contributed by atoms with Gasteiger partial charge >= 0.3 is 0 Å². The van der Waals surface area contributed by atoms with Crippen LogP contribution in [-0.2, 0) is 0 Å². The fraction of sp³-hybridized carbons (Fsp3) is 0.333. The zero-order valence-electron chi connectivity index (χ0n) is 12.4. The number of nitrogens with two attached hydrogens (primary N) is 1. The lowest BCUT2D eigenvalue weighted by atomic mass is 10.2. The Morgan fingerprint density at radius 3 is 2.73 bits per heavy atom. The summed E-state index contributed by atoms with van der Waals surface area (Å²) in [6.07, 6.45) is 2.48. The van der Waals surface area contributed by atoms with E-state index in [0.29, 0.717) is 36.3 Å². The molecule has 7 nitrogen and oxygen atoms in total. The molecular weight excluding hydrogens is 282 g/mol. The van der Waals surface area contributed by atoms with E-state index >= 15 is 0 Å². The van der Waals surface area contributed by atoms with Crippen molar-refractivity contribution in [2.24, 2.45) is 0 Å². The number of rotatable bonds is 5. The number of benzene rings is 1. The van der Waals surface area contributed by atoms with Crippen molar-refractivity contribution in [2.45, 2.75) is 13.3 Å². The molecule has 0 amide bonds. The summed E-state index contributed by atoms with van der Waals surface area (Å²) in [5.74, 6) is 2.66. The van der Waals surface area contributed by atoms with Crippen molar-refractivity contribution in [3.63, 3.8) is 0 Å². The summed E-state index contributed by atoms with van der Waals surface area (Å²) >= 11 is 0. The van der Waals surface area contributed by atoms with Crippen LogP contribution in [0.1, 0.15) is 13.3 Å². The van der Waals surface area contributed by atoms with Crippen LogP contribution in [0.3, 0.4) is 0 Å². The Labute approximate surface area is 128 Å². The van der Waals surface area contributed by atoms with Crippen LogP contribution in [0.15, 0.2) is 24.5 Å². The molecule has 0 unspecified atom stereocenters. The quantitative estimate of drug-likeness (QED) is 0.780. The number of ether oxygens (including phenoxy) is 2. The van der Waals surface area contributed by atoms with E-state index in [4.69, 9.17) is 15.2 Å². The fourth-order valence-corrected chi connectivity index (χ4v) is 2.14. The van der Waals surface area contributed by atoms with Crippen molar-refractivity contribution in [1.82, 2.24) is 9.97 Å². The molecule has 0 saturated carbocycles. The number of nitrogen functional groups attached to an aromatic ring is 1. The Morgan fingerprint density at radius 2 is 1.91 bits per heavy atom. The maximum atomic E-state index is 6.10. The monoisotopic (exact) mass is 301 g/mol. The van der Waals surface area contributed by atoms with E-state index in [-0.39, 0.29) is 0 Å². The van der Waals surface area contributed by atoms with Gasteiger partial charge in [0.1, 0.15) is 25.2 Å². The first-order chi connectivity index (χ1) is 10.8. The van der Waals surface area contributed by atoms with Gasteiger partial charge in [-0.05, 0) is 18.6 Å². The maximum absolute atomic E-state index is 6.10. The first kappa shape index (κ1) is 14.2. The number of nitrogens with zero attached hydrogens (tertiary/aromatic N) is 2. The van der Waals surface area contributed by atoms with Gasteiger partial charge in [0, 0.05) is 18.3 Å². The van der Waals surface area contributed by atoms with Crippen molar-refractivity contribution in [3.05, 3.63) is 24.5 Å². The lowest BCUT2D eigenvalue weighted by Gasteiger charge is -2.19. The van der Waals surface area contributed by atoms with Crippen LogP contribution in [0.25, 0.3) is 0 Å². The van der Waals surface area contributed by atoms with E-state index in [1.165, 1.54) is 6.33 Å². The highest BCUT2D eigenvalue weighted by molar-refractivity contribution is 5.78. The minimum Gasteiger partial charge on any atom is -0.486 e. The molecule has 2 heterocycles. The smallest absolute Gasteiger partial charge is 0.163 e. The molecule has 1 aliphatic rings. The first-order valence-corrected chi connectivity index (χ1v) is 7.29. The van der Waals surface area contributed by atoms with Crippen LogP contribution < -0.4 is 25.8 Å². The topological polar surface area (TPSA) is 94.3 Å². The van der Waals surface area contributed by atoms with Crippen LogP contribution in [0, 0.1) is 0 Å². The molecule has 0 bridgehead atoms. The third kappa shape index (κ3) is 2.98. The Hall–Kier alpha value is -2.70. The normalized spacial score (nSPS) is 12.8. The van der Waals surface area contributed by atoms with E-state index in [1.54, 1.807) is 0 Å². The van der Waals surface area contributed by atoms with Crippen molar-refractivity contribution < 1.29 is 9.47 Å². The van der Waals surface area contributed by atoms with Gasteiger partial charge in [-0.15, -0.1) is 0 Å². The second-order valence-electron chi connectivity index (χ2n) is 4.89. The van der Waals surface area contributed by atoms with Gasteiger partial charge in [0.15, 0.2) is 23.1 Å². The summed E-state index contributed by atoms with van der Waals surface area (Å²) in [5, 5.41) is 6.37. The predicted molar refractivity (Wildman–Crippen MR) is 85.9 cm³/mol. The maximum Gasteiger partial charge on any atom is 0.163 e. The molecule has 0 aliphatic carbocycles. The molecule has 0 radical (unpaired) electrons. The molecule has 2 aromatic rings. The molecular formula is C15H19N5O2. The van der Waals surface area contributed by atoms with Gasteiger partial charge in [0.05, 0.1) is 0 Å². The average molecular weight is 301 g/mol. The average Bonchev–Trinajstić information content (AvgIpc) is 2.55. The van der Waals surface area contributed by atoms with Crippen LogP contribution in [0.4, 0.5) is 23.0 Å². The number of hydrogen-bond acceptors (Lipinski definition) is 7. The van der Waals surface area contributed by atoms with Crippen LogP contribution >= 0.6 is 0 Å². The number of anilines is 4. The van der Waals surface area contributed by atoms with Crippen LogP contribution in [0.5, 0.6) is 11.5 Å². The molecule has 0 spiro atoms. The largest absolute Gasteiger partial charge is 0.486 e. The van der Waals surface area contributed by atoms with E-state index in [9.17, 15) is 0 Å². The summed E-state index contributed by atoms with van der Waals surface area (Å²) in [6, 6.07) is 5.63. The number of hydrogen-bond donors (Lipinski definition) is 3. The minimum absolute atomic E-state index is 0.492. The zero-order valence-corrected chi connectivity index (χ0v) is 12.4. The van der Waals surface area contributed by atoms with Gasteiger partial charge in [-0.1, -0.05) is 6.92 Å². The molecule has 22 heavy (non-hydrogen) atoms. The second-order valence-corrected chi connectivity index (χ2v) is 4.89. The van der Waals surface area contributed by atoms with Gasteiger partial charge in [-0.2, -0.15) is 0 Å². The number of nitrogens with one attached hydrogen (secondary N) is 2. The molecule has 0 atom stereocenters. The number of fused-ring (bicyclic) bond motifs is 1. The Kier molecular flexibility index (Phi) is 4.13. The minimum atomic E-state index is 0.492. The summed E-state index contributed by atoms with van der Waals surface area (Å²) in [5.41, 5.74) is 7.43. The molecule has 7 heteroatoms. The molecule has 0 fully saturated rings. The van der Waals surface area contributed by atoms with Crippen LogP contribution in [0.2, 0.25) is 0 Å². The molecule has 1 aliphatic heterocycles. The third-order valence-corrected chi connectivity index (χ3v) is 3.23. The van der Waals surface area contributed by atoms with Crippen molar-refractivity contribution in [1.29, 1.82) is 0 Å². The van der Waals surface area contributed by atoms with Crippen molar-refractivity contribution in [3.8, 4) is 11.5 Å². The van der Waals surface area contributed by atoms with Gasteiger partial charge in [-0.25, -0.2) is 9.97 Å². The lowest BCUT2D eigenvalue weighted by Crippen LogP contribution is -2.15. The van der Waals surface area contributed by atoms with E-state index in [1.807, 2.05) is 18.2 Å². The SMILES string of the molecule is CCCNc1ncnc(Nc2ccc3c(c2)OCCO3)c1N. The highest BCUT2D eigenvalue weighted by Gasteiger charge is 2.13. The molecule has 0 saturated heterocycles. The predicted octanol–water partition coefficient (Wildman–Crippen LogP) is 2.40. The summed E-state index contributed by atoms with van der Waals surface area (Å²) < 4.78 is 11.1. The van der Waals surface area contributed by atoms with Gasteiger partial charge < -0.3 is 25.8 Å². The van der Waals surface area contributed by atoms with E-state index < -0.39 is 0 Å². The third-order valence-electron chi connectivity index (χ3n) is 3.23. The molecule has 1 aromatic heterocycles. The van der Waals surface area contributed by atoms with Crippen molar-refractivity contribution >= 4 is 23.0 Å². The highest BCUT2D eigenvalue weighted by atomic mass is 16.6. The standard InChI is InChI=1S/C15H19N5O2/c1-2-5-17-14-13(16)15(19-9-18-14)20-10-3-4-11-12(8-10)22-7-6-21-11/h3-4,8-9H,2,5-7,16H2,1H3,(H2,17,18,19,20). The lowest BCUT2D eigenvalue weighted by molar-refractivity contribution is 0.171. The van der Waals surface area contributed by atoms with Crippen LogP contribution in [-0.4, -0.2) is 29.7 Å². The Morgan fingerprint density at radius 1 is 1.14 bits per heavy atom. The summed E-state index contributed by atoms with van der Waals surface area (Å²) in [6.45, 7) is 4.02. The van der Waals surface area contributed by atoms with E-state index in [0.717, 1.165) is 24.4 Å². The fourth-order valence-electron chi connectivity index (χ4n) is 2.14. The molecule has 4 N–H and O–H groups in total. The first-order valence-electron chi connectivity index (χ1n) is 7.29. The summed E-state index contributed by atoms with van der Waals surface area (Å²) in [7, 11) is 0. The zero-order chi connectivity index (χ0) is 15.4. The second kappa shape index (κ2) is 6.38. The van der Waals surface area contributed by atoms with Gasteiger partial charge in [0.2, 0.25) is 0 Å². The molecule has 1 aromatic carbocycles.